The van der Waals surface area contributed by atoms with E-state index in [0.29, 0.717) is 24.3 Å². The highest BCUT2D eigenvalue weighted by atomic mass is 16.5. The van der Waals surface area contributed by atoms with E-state index in [1.807, 2.05) is 12.1 Å². The van der Waals surface area contributed by atoms with Crippen molar-refractivity contribution in [1.82, 2.24) is 0 Å². The Labute approximate surface area is 152 Å². The van der Waals surface area contributed by atoms with Gasteiger partial charge in [0.2, 0.25) is 5.91 Å². The molecule has 132 valence electrons. The van der Waals surface area contributed by atoms with E-state index in [1.165, 1.54) is 0 Å². The number of nitrogens with zero attached hydrogens (tertiary/aromatic N) is 2. The van der Waals surface area contributed by atoms with Crippen LogP contribution in [0.15, 0.2) is 48.5 Å². The Balaban J connectivity index is 1.49. The fourth-order valence-corrected chi connectivity index (χ4v) is 2.79. The van der Waals surface area contributed by atoms with Gasteiger partial charge in [0.25, 0.3) is 5.91 Å². The van der Waals surface area contributed by atoms with E-state index >= 15 is 0 Å². The van der Waals surface area contributed by atoms with Gasteiger partial charge in [0.05, 0.1) is 12.5 Å². The van der Waals surface area contributed by atoms with Crippen LogP contribution in [0.5, 0.6) is 5.75 Å². The Bertz CT molecular complexity index is 823. The lowest BCUT2D eigenvalue weighted by molar-refractivity contribution is -0.118. The van der Waals surface area contributed by atoms with Gasteiger partial charge < -0.3 is 15.0 Å². The summed E-state index contributed by atoms with van der Waals surface area (Å²) in [6, 6.07) is 16.4. The number of anilines is 2. The molecule has 1 aliphatic heterocycles. The van der Waals surface area contributed by atoms with Crippen molar-refractivity contribution in [2.45, 2.75) is 19.3 Å². The molecule has 2 aromatic rings. The first-order valence-electron chi connectivity index (χ1n) is 8.45. The topological polar surface area (TPSA) is 82.4 Å². The minimum absolute atomic E-state index is 0.109. The van der Waals surface area contributed by atoms with Crippen LogP contribution in [0.1, 0.15) is 18.4 Å². The molecule has 2 aromatic carbocycles. The molecule has 1 fully saturated rings. The normalized spacial score (nSPS) is 13.3. The summed E-state index contributed by atoms with van der Waals surface area (Å²) in [7, 11) is 0. The number of nitriles is 1. The van der Waals surface area contributed by atoms with E-state index in [1.54, 1.807) is 41.3 Å². The molecular weight excluding hydrogens is 330 g/mol. The van der Waals surface area contributed by atoms with Crippen LogP contribution in [0, 0.1) is 11.3 Å². The molecule has 6 nitrogen and oxygen atoms in total. The zero-order valence-electron chi connectivity index (χ0n) is 14.3. The summed E-state index contributed by atoms with van der Waals surface area (Å²) in [5.74, 6) is 0.440. The number of amides is 2. The van der Waals surface area contributed by atoms with E-state index in [9.17, 15) is 9.59 Å². The van der Waals surface area contributed by atoms with Crippen LogP contribution in [0.4, 0.5) is 11.4 Å². The molecule has 0 bridgehead atoms. The highest BCUT2D eigenvalue weighted by Crippen LogP contribution is 2.23. The predicted molar refractivity (Wildman–Crippen MR) is 97.9 cm³/mol. The van der Waals surface area contributed by atoms with Crippen molar-refractivity contribution in [2.75, 3.05) is 23.4 Å². The number of ether oxygens (including phenoxy) is 1. The van der Waals surface area contributed by atoms with Crippen molar-refractivity contribution in [1.29, 1.82) is 5.26 Å². The molecular formula is C20H19N3O3. The number of carbonyl (C=O) groups excluding carboxylic acids is 2. The third-order valence-electron chi connectivity index (χ3n) is 4.11. The standard InChI is InChI=1S/C20H19N3O3/c21-12-11-15-3-5-16(6-4-15)22-19(24)14-26-18-9-7-17(8-10-18)23-13-1-2-20(23)25/h3-10H,1-2,11,13-14H2,(H,22,24). The number of benzene rings is 2. The first kappa shape index (κ1) is 17.5. The molecule has 1 saturated heterocycles. The first-order valence-corrected chi connectivity index (χ1v) is 8.45. The number of carbonyl (C=O) groups is 2. The molecule has 0 aliphatic carbocycles. The Hall–Kier alpha value is -3.33. The highest BCUT2D eigenvalue weighted by Gasteiger charge is 2.21. The van der Waals surface area contributed by atoms with Crippen LogP contribution < -0.4 is 15.0 Å². The molecule has 0 unspecified atom stereocenters. The third kappa shape index (κ3) is 4.39. The van der Waals surface area contributed by atoms with Crippen LogP contribution in [0.2, 0.25) is 0 Å². The maximum absolute atomic E-state index is 12.0. The SMILES string of the molecule is N#CCc1ccc(NC(=O)COc2ccc(N3CCCC3=O)cc2)cc1. The molecule has 26 heavy (non-hydrogen) atoms. The van der Waals surface area contributed by atoms with Gasteiger partial charge in [-0.15, -0.1) is 0 Å². The summed E-state index contributed by atoms with van der Waals surface area (Å²) in [4.78, 5) is 25.5. The van der Waals surface area contributed by atoms with Crippen molar-refractivity contribution >= 4 is 23.2 Å². The number of rotatable bonds is 6. The van der Waals surface area contributed by atoms with Gasteiger partial charge in [-0.1, -0.05) is 12.1 Å². The minimum Gasteiger partial charge on any atom is -0.484 e. The Morgan fingerprint density at radius 1 is 1.15 bits per heavy atom. The number of hydrogen-bond acceptors (Lipinski definition) is 4. The molecule has 0 spiro atoms. The summed E-state index contributed by atoms with van der Waals surface area (Å²) in [5, 5.41) is 11.4. The van der Waals surface area contributed by atoms with Crippen LogP contribution >= 0.6 is 0 Å². The Kier molecular flexibility index (Phi) is 5.49. The van der Waals surface area contributed by atoms with Crippen molar-refractivity contribution in [3.8, 4) is 11.8 Å². The van der Waals surface area contributed by atoms with Crippen LogP contribution in [-0.4, -0.2) is 25.0 Å². The van der Waals surface area contributed by atoms with Gasteiger partial charge >= 0.3 is 0 Å². The van der Waals surface area contributed by atoms with E-state index in [2.05, 4.69) is 11.4 Å². The van der Waals surface area contributed by atoms with Crippen molar-refractivity contribution in [2.24, 2.45) is 0 Å². The largest absolute Gasteiger partial charge is 0.484 e. The second-order valence-corrected chi connectivity index (χ2v) is 6.01. The maximum atomic E-state index is 12.0. The summed E-state index contributed by atoms with van der Waals surface area (Å²) in [6.07, 6.45) is 1.82. The molecule has 1 heterocycles. The molecule has 0 aromatic heterocycles. The second-order valence-electron chi connectivity index (χ2n) is 6.01. The average Bonchev–Trinajstić information content (AvgIpc) is 3.08. The molecule has 0 radical (unpaired) electrons. The monoisotopic (exact) mass is 349 g/mol. The van der Waals surface area contributed by atoms with E-state index in [0.717, 1.165) is 24.2 Å². The van der Waals surface area contributed by atoms with E-state index in [-0.39, 0.29) is 18.4 Å². The summed E-state index contributed by atoms with van der Waals surface area (Å²) in [5.41, 5.74) is 2.41. The van der Waals surface area contributed by atoms with Gasteiger partial charge in [-0.3, -0.25) is 9.59 Å². The Morgan fingerprint density at radius 2 is 1.88 bits per heavy atom. The van der Waals surface area contributed by atoms with Crippen LogP contribution in [-0.2, 0) is 16.0 Å². The highest BCUT2D eigenvalue weighted by molar-refractivity contribution is 5.95. The lowest BCUT2D eigenvalue weighted by Crippen LogP contribution is -2.23. The van der Waals surface area contributed by atoms with Gasteiger partial charge in [0.1, 0.15) is 5.75 Å². The average molecular weight is 349 g/mol. The summed E-state index contributed by atoms with van der Waals surface area (Å²) >= 11 is 0. The van der Waals surface area contributed by atoms with Crippen LogP contribution in [0.3, 0.4) is 0 Å². The van der Waals surface area contributed by atoms with Gasteiger partial charge in [-0.2, -0.15) is 5.26 Å². The molecule has 0 saturated carbocycles. The number of nitrogens with one attached hydrogen (secondary N) is 1. The summed E-state index contributed by atoms with van der Waals surface area (Å²) < 4.78 is 5.49. The molecule has 0 atom stereocenters. The molecule has 1 N–H and O–H groups in total. The first-order chi connectivity index (χ1) is 12.7. The zero-order chi connectivity index (χ0) is 18.4. The molecule has 3 rings (SSSR count). The second kappa shape index (κ2) is 8.17. The maximum Gasteiger partial charge on any atom is 0.262 e. The third-order valence-corrected chi connectivity index (χ3v) is 4.11. The van der Waals surface area contributed by atoms with Crippen molar-refractivity contribution in [3.05, 3.63) is 54.1 Å². The fraction of sp³-hybridized carbons (Fsp3) is 0.250. The van der Waals surface area contributed by atoms with Crippen molar-refractivity contribution < 1.29 is 14.3 Å². The quantitative estimate of drug-likeness (QED) is 0.869. The fourth-order valence-electron chi connectivity index (χ4n) is 2.79. The number of hydrogen-bond donors (Lipinski definition) is 1. The van der Waals surface area contributed by atoms with Gasteiger partial charge in [-0.05, 0) is 48.4 Å². The molecule has 6 heteroatoms. The van der Waals surface area contributed by atoms with Crippen molar-refractivity contribution in [3.63, 3.8) is 0 Å². The Morgan fingerprint density at radius 3 is 2.50 bits per heavy atom. The predicted octanol–water partition coefficient (Wildman–Crippen LogP) is 2.90. The lowest BCUT2D eigenvalue weighted by Gasteiger charge is -2.16. The van der Waals surface area contributed by atoms with Crippen LogP contribution in [0.25, 0.3) is 0 Å². The van der Waals surface area contributed by atoms with E-state index < -0.39 is 0 Å². The minimum atomic E-state index is -0.267. The molecule has 2 amide bonds. The zero-order valence-corrected chi connectivity index (χ0v) is 14.3. The van der Waals surface area contributed by atoms with Gasteiger partial charge in [-0.25, -0.2) is 0 Å². The summed E-state index contributed by atoms with van der Waals surface area (Å²) in [6.45, 7) is 0.635. The van der Waals surface area contributed by atoms with E-state index in [4.69, 9.17) is 10.00 Å². The lowest BCUT2D eigenvalue weighted by atomic mass is 10.1. The van der Waals surface area contributed by atoms with Gasteiger partial charge in [0.15, 0.2) is 6.61 Å². The molecule has 1 aliphatic rings. The smallest absolute Gasteiger partial charge is 0.262 e. The van der Waals surface area contributed by atoms with Gasteiger partial charge in [0, 0.05) is 24.3 Å².